The van der Waals surface area contributed by atoms with Gasteiger partial charge in [0, 0.05) is 17.7 Å². The summed E-state index contributed by atoms with van der Waals surface area (Å²) in [6.07, 6.45) is 1.26. The summed E-state index contributed by atoms with van der Waals surface area (Å²) in [5.41, 5.74) is 0.406. The molecule has 2 N–H and O–H groups in total. The van der Waals surface area contributed by atoms with Gasteiger partial charge in [-0.05, 0) is 24.5 Å². The number of nitro groups is 1. The fraction of sp³-hybridized carbons (Fsp3) is 0.462. The molecule has 104 valence electrons. The molecule has 0 fully saturated rings. The fourth-order valence-electron chi connectivity index (χ4n) is 1.86. The van der Waals surface area contributed by atoms with Crippen LogP contribution >= 0.6 is 0 Å². The van der Waals surface area contributed by atoms with Crippen molar-refractivity contribution in [3.63, 3.8) is 0 Å². The maximum atomic E-state index is 11.0. The second kappa shape index (κ2) is 6.84. The first-order valence-electron chi connectivity index (χ1n) is 6.09. The van der Waals surface area contributed by atoms with Crippen LogP contribution in [0.3, 0.4) is 0 Å². The molecule has 6 heteroatoms. The van der Waals surface area contributed by atoms with Gasteiger partial charge >= 0.3 is 0 Å². The zero-order chi connectivity index (χ0) is 14.4. The lowest BCUT2D eigenvalue weighted by Crippen LogP contribution is -2.26. The average molecular weight is 266 g/mol. The maximum Gasteiger partial charge on any atom is 0.293 e. The molecule has 0 spiro atoms. The van der Waals surface area contributed by atoms with Crippen molar-refractivity contribution in [2.45, 2.75) is 26.3 Å². The van der Waals surface area contributed by atoms with Crippen molar-refractivity contribution in [2.75, 3.05) is 11.9 Å². The van der Waals surface area contributed by atoms with E-state index in [4.69, 9.17) is 0 Å². The number of carbonyl (C=O) groups is 1. The van der Waals surface area contributed by atoms with Gasteiger partial charge in [-0.15, -0.1) is 0 Å². The van der Waals surface area contributed by atoms with E-state index >= 15 is 0 Å². The highest BCUT2D eigenvalue weighted by Crippen LogP contribution is 2.26. The van der Waals surface area contributed by atoms with Crippen LogP contribution in [0.5, 0.6) is 0 Å². The Labute approximate surface area is 111 Å². The second-order valence-corrected chi connectivity index (χ2v) is 4.80. The average Bonchev–Trinajstić information content (AvgIpc) is 2.37. The fourth-order valence-corrected chi connectivity index (χ4v) is 1.86. The molecule has 1 aromatic carbocycles. The summed E-state index contributed by atoms with van der Waals surface area (Å²) < 4.78 is 0. The van der Waals surface area contributed by atoms with E-state index in [9.17, 15) is 20.0 Å². The first-order valence-corrected chi connectivity index (χ1v) is 6.09. The Hall–Kier alpha value is -1.95. The Kier molecular flexibility index (Phi) is 5.44. The van der Waals surface area contributed by atoms with Crippen LogP contribution in [-0.4, -0.2) is 29.0 Å². The summed E-state index contributed by atoms with van der Waals surface area (Å²) in [5, 5.41) is 23.2. The van der Waals surface area contributed by atoms with E-state index in [1.165, 1.54) is 18.2 Å². The molecular weight excluding hydrogens is 248 g/mol. The number of nitrogens with zero attached hydrogens (tertiary/aromatic N) is 1. The highest BCUT2D eigenvalue weighted by atomic mass is 16.6. The lowest BCUT2D eigenvalue weighted by atomic mass is 10.0. The third-order valence-corrected chi connectivity index (χ3v) is 2.69. The number of aliphatic hydroxyl groups is 1. The Balaban J connectivity index is 2.98. The van der Waals surface area contributed by atoms with Gasteiger partial charge in [-0.1, -0.05) is 13.8 Å². The highest BCUT2D eigenvalue weighted by Gasteiger charge is 2.18. The number of nitrogens with one attached hydrogen (secondary N) is 1. The van der Waals surface area contributed by atoms with E-state index in [1.807, 2.05) is 13.8 Å². The summed E-state index contributed by atoms with van der Waals surface area (Å²) in [6.45, 7) is 3.91. The SMILES string of the molecule is CC(C)CC(CO)Nc1ccc(C=O)cc1[N+](=O)[O-]. The molecule has 0 bridgehead atoms. The number of benzene rings is 1. The smallest absolute Gasteiger partial charge is 0.293 e. The predicted octanol–water partition coefficient (Wildman–Crippen LogP) is 2.23. The van der Waals surface area contributed by atoms with Gasteiger partial charge in [-0.2, -0.15) is 0 Å². The molecule has 0 aliphatic carbocycles. The van der Waals surface area contributed by atoms with Crippen LogP contribution in [0.15, 0.2) is 18.2 Å². The lowest BCUT2D eigenvalue weighted by Gasteiger charge is -2.19. The van der Waals surface area contributed by atoms with Crippen LogP contribution in [0.25, 0.3) is 0 Å². The van der Waals surface area contributed by atoms with Crippen molar-refractivity contribution < 1.29 is 14.8 Å². The molecule has 6 nitrogen and oxygen atoms in total. The van der Waals surface area contributed by atoms with Crippen LogP contribution in [-0.2, 0) is 0 Å². The minimum atomic E-state index is -0.543. The molecule has 0 aliphatic heterocycles. The first-order chi connectivity index (χ1) is 8.97. The molecule has 1 rings (SSSR count). The molecule has 19 heavy (non-hydrogen) atoms. The molecule has 1 aromatic rings. The van der Waals surface area contributed by atoms with Gasteiger partial charge < -0.3 is 10.4 Å². The molecule has 1 unspecified atom stereocenters. The van der Waals surface area contributed by atoms with E-state index in [0.29, 0.717) is 24.3 Å². The zero-order valence-corrected chi connectivity index (χ0v) is 11.0. The molecule has 0 heterocycles. The maximum absolute atomic E-state index is 11.0. The van der Waals surface area contributed by atoms with Gasteiger partial charge in [0.1, 0.15) is 12.0 Å². The second-order valence-electron chi connectivity index (χ2n) is 4.80. The summed E-state index contributed by atoms with van der Waals surface area (Å²) >= 11 is 0. The van der Waals surface area contributed by atoms with E-state index < -0.39 is 4.92 Å². The minimum Gasteiger partial charge on any atom is -0.394 e. The Morgan fingerprint density at radius 1 is 1.47 bits per heavy atom. The standard InChI is InChI=1S/C13H18N2O4/c1-9(2)5-11(8-17)14-12-4-3-10(7-16)6-13(12)15(18)19/h3-4,6-7,9,11,14,17H,5,8H2,1-2H3. The molecule has 0 radical (unpaired) electrons. The van der Waals surface area contributed by atoms with Crippen LogP contribution in [0, 0.1) is 16.0 Å². The van der Waals surface area contributed by atoms with E-state index in [-0.39, 0.29) is 23.9 Å². The van der Waals surface area contributed by atoms with Crippen LogP contribution in [0.2, 0.25) is 0 Å². The van der Waals surface area contributed by atoms with Crippen molar-refractivity contribution in [1.29, 1.82) is 0 Å². The van der Waals surface area contributed by atoms with Gasteiger partial charge in [0.25, 0.3) is 5.69 Å². The van der Waals surface area contributed by atoms with Crippen molar-refractivity contribution >= 4 is 17.7 Å². The third-order valence-electron chi connectivity index (χ3n) is 2.69. The number of hydrogen-bond donors (Lipinski definition) is 2. The number of hydrogen-bond acceptors (Lipinski definition) is 5. The molecule has 0 aromatic heterocycles. The predicted molar refractivity (Wildman–Crippen MR) is 72.4 cm³/mol. The van der Waals surface area contributed by atoms with Crippen LogP contribution in [0.1, 0.15) is 30.6 Å². The van der Waals surface area contributed by atoms with Gasteiger partial charge in [-0.3, -0.25) is 14.9 Å². The molecule has 0 amide bonds. The number of anilines is 1. The minimum absolute atomic E-state index is 0.106. The van der Waals surface area contributed by atoms with Gasteiger partial charge in [0.15, 0.2) is 0 Å². The first kappa shape index (κ1) is 15.1. The summed E-state index contributed by atoms with van der Waals surface area (Å²) in [4.78, 5) is 21.1. The number of aliphatic hydroxyl groups excluding tert-OH is 1. The Morgan fingerprint density at radius 3 is 2.63 bits per heavy atom. The van der Waals surface area contributed by atoms with Crippen molar-refractivity contribution in [3.8, 4) is 0 Å². The van der Waals surface area contributed by atoms with Crippen LogP contribution < -0.4 is 5.32 Å². The van der Waals surface area contributed by atoms with Crippen molar-refractivity contribution in [3.05, 3.63) is 33.9 Å². The van der Waals surface area contributed by atoms with Gasteiger partial charge in [-0.25, -0.2) is 0 Å². The number of nitro benzene ring substituents is 1. The van der Waals surface area contributed by atoms with Gasteiger partial charge in [0.05, 0.1) is 11.5 Å². The van der Waals surface area contributed by atoms with Crippen molar-refractivity contribution in [1.82, 2.24) is 0 Å². The normalized spacial score (nSPS) is 12.2. The molecule has 1 atom stereocenters. The largest absolute Gasteiger partial charge is 0.394 e. The number of rotatable bonds is 7. The monoisotopic (exact) mass is 266 g/mol. The lowest BCUT2D eigenvalue weighted by molar-refractivity contribution is -0.384. The van der Waals surface area contributed by atoms with E-state index in [1.54, 1.807) is 0 Å². The van der Waals surface area contributed by atoms with E-state index in [0.717, 1.165) is 0 Å². The zero-order valence-electron chi connectivity index (χ0n) is 11.0. The topological polar surface area (TPSA) is 92.5 Å². The summed E-state index contributed by atoms with van der Waals surface area (Å²) in [6, 6.07) is 3.97. The summed E-state index contributed by atoms with van der Waals surface area (Å²) in [7, 11) is 0. The Bertz CT molecular complexity index is 460. The number of aldehydes is 1. The number of carbonyl (C=O) groups excluding carboxylic acids is 1. The summed E-state index contributed by atoms with van der Waals surface area (Å²) in [5.74, 6) is 0.359. The quantitative estimate of drug-likeness (QED) is 0.448. The molecule has 0 saturated heterocycles. The Morgan fingerprint density at radius 2 is 2.16 bits per heavy atom. The third kappa shape index (κ3) is 4.33. The molecule has 0 saturated carbocycles. The highest BCUT2D eigenvalue weighted by molar-refractivity contribution is 5.79. The van der Waals surface area contributed by atoms with Gasteiger partial charge in [0.2, 0.25) is 0 Å². The molecular formula is C13H18N2O4. The van der Waals surface area contributed by atoms with Crippen LogP contribution in [0.4, 0.5) is 11.4 Å². The van der Waals surface area contributed by atoms with E-state index in [2.05, 4.69) is 5.32 Å². The van der Waals surface area contributed by atoms with Crippen molar-refractivity contribution in [2.24, 2.45) is 5.92 Å². The molecule has 0 aliphatic rings.